The lowest BCUT2D eigenvalue weighted by molar-refractivity contribution is 0.107. The van der Waals surface area contributed by atoms with Crippen molar-refractivity contribution in [3.8, 4) is 0 Å². The van der Waals surface area contributed by atoms with Crippen molar-refractivity contribution in [2.45, 2.75) is 9.79 Å². The predicted octanol–water partition coefficient (Wildman–Crippen LogP) is 14.8. The lowest BCUT2D eigenvalue weighted by Gasteiger charge is -2.31. The molecule has 0 atom stereocenters. The Morgan fingerprint density at radius 1 is 0.310 bits per heavy atom. The maximum absolute atomic E-state index is 15.1. The number of hydrogen-bond donors (Lipinski definition) is 0. The normalized spacial score (nSPS) is 11.0. The van der Waals surface area contributed by atoms with Gasteiger partial charge in [-0.2, -0.15) is 0 Å². The minimum atomic E-state index is -0.148. The molecule has 0 fully saturated rings. The predicted molar refractivity (Wildman–Crippen MR) is 244 cm³/mol. The topological polar surface area (TPSA) is 40.6 Å². The monoisotopic (exact) mass is 784 g/mol. The second-order valence-electron chi connectivity index (χ2n) is 13.7. The summed E-state index contributed by atoms with van der Waals surface area (Å²) in [6.45, 7) is 0. The number of carbonyl (C=O) groups excluding carboxylic acids is 2. The summed E-state index contributed by atoms with van der Waals surface area (Å²) in [6, 6.07) is 72.3. The van der Waals surface area contributed by atoms with Gasteiger partial charge in [-0.3, -0.25) is 9.59 Å². The number of para-hydroxylation sites is 4. The van der Waals surface area contributed by atoms with Crippen molar-refractivity contribution >= 4 is 89.4 Å². The Hall–Kier alpha value is -6.86. The molecule has 0 aliphatic heterocycles. The zero-order valence-electron chi connectivity index (χ0n) is 31.3. The lowest BCUT2D eigenvalue weighted by atomic mass is 10.0. The van der Waals surface area contributed by atoms with E-state index in [9.17, 15) is 0 Å². The van der Waals surface area contributed by atoms with E-state index < -0.39 is 0 Å². The molecule has 0 saturated carbocycles. The summed E-state index contributed by atoms with van der Waals surface area (Å²) < 4.78 is 0. The van der Waals surface area contributed by atoms with Crippen LogP contribution in [0.5, 0.6) is 0 Å². The summed E-state index contributed by atoms with van der Waals surface area (Å²) in [5.74, 6) is 0. The fourth-order valence-electron chi connectivity index (χ4n) is 7.22. The second-order valence-corrected chi connectivity index (χ2v) is 15.8. The molecule has 0 heterocycles. The van der Waals surface area contributed by atoms with Crippen LogP contribution in [0, 0.1) is 0 Å². The Kier molecular flexibility index (Phi) is 10.6. The fourth-order valence-corrected chi connectivity index (χ4v) is 8.84. The van der Waals surface area contributed by atoms with Gasteiger partial charge in [-0.05, 0) is 130 Å². The Bertz CT molecular complexity index is 2610. The van der Waals surface area contributed by atoms with Crippen LogP contribution < -0.4 is 9.80 Å². The molecule has 0 unspecified atom stereocenters. The molecule has 0 N–H and O–H groups in total. The number of anilines is 6. The Morgan fingerprint density at radius 3 is 0.931 bits per heavy atom. The highest BCUT2D eigenvalue weighted by Gasteiger charge is 2.29. The maximum Gasteiger partial charge on any atom is 0.226 e. The van der Waals surface area contributed by atoms with Gasteiger partial charge in [0.05, 0.1) is 22.5 Å². The fraction of sp³-hybridized carbons (Fsp3) is 0. The van der Waals surface area contributed by atoms with Crippen LogP contribution in [0.3, 0.4) is 0 Å². The van der Waals surface area contributed by atoms with Crippen LogP contribution in [-0.2, 0) is 0 Å². The standard InChI is InChI=1S/C52H36N2O2S2/c55-51(57-45-31-29-37-17-13-15-19-39(37)33-45)47-36-50(54(43-25-9-3-10-26-43)44-27-11-4-12-28-44)48(52(56)58-46-32-30-38-18-14-16-20-40(38)34-46)35-49(47)53(41-21-5-1-6-22-41)42-23-7-2-8-24-42/h1-36H. The van der Waals surface area contributed by atoms with E-state index in [0.717, 1.165) is 54.1 Å². The summed E-state index contributed by atoms with van der Waals surface area (Å²) in [6.07, 6.45) is 0. The highest BCUT2D eigenvalue weighted by atomic mass is 32.2. The molecule has 0 radical (unpaired) electrons. The van der Waals surface area contributed by atoms with Gasteiger partial charge in [0.15, 0.2) is 0 Å². The van der Waals surface area contributed by atoms with E-state index in [1.165, 1.54) is 23.5 Å². The molecule has 58 heavy (non-hydrogen) atoms. The van der Waals surface area contributed by atoms with Crippen molar-refractivity contribution < 1.29 is 9.59 Å². The van der Waals surface area contributed by atoms with Crippen molar-refractivity contribution in [1.82, 2.24) is 0 Å². The lowest BCUT2D eigenvalue weighted by Crippen LogP contribution is -2.18. The molecule has 0 saturated heterocycles. The molecular formula is C52H36N2O2S2. The molecule has 4 nitrogen and oxygen atoms in total. The van der Waals surface area contributed by atoms with Gasteiger partial charge in [0.1, 0.15) is 0 Å². The first-order chi connectivity index (χ1) is 28.6. The van der Waals surface area contributed by atoms with E-state index in [2.05, 4.69) is 58.3 Å². The highest BCUT2D eigenvalue weighted by Crippen LogP contribution is 2.46. The zero-order valence-corrected chi connectivity index (χ0v) is 32.9. The molecule has 0 amide bonds. The SMILES string of the molecule is O=C(Sc1ccc2ccccc2c1)c1cc(N(c2ccccc2)c2ccccc2)c(C(=O)Sc2ccc3ccccc3c2)cc1N(c1ccccc1)c1ccccc1. The molecule has 9 aromatic rings. The summed E-state index contributed by atoms with van der Waals surface area (Å²) >= 11 is 2.38. The van der Waals surface area contributed by atoms with Crippen molar-refractivity contribution in [3.05, 3.63) is 230 Å². The van der Waals surface area contributed by atoms with E-state index in [4.69, 9.17) is 0 Å². The number of rotatable bonds is 10. The van der Waals surface area contributed by atoms with Gasteiger partial charge in [-0.25, -0.2) is 0 Å². The van der Waals surface area contributed by atoms with Crippen LogP contribution in [-0.4, -0.2) is 10.2 Å². The average Bonchev–Trinajstić information content (AvgIpc) is 3.28. The first kappa shape index (κ1) is 36.8. The zero-order chi connectivity index (χ0) is 39.3. The third kappa shape index (κ3) is 7.76. The van der Waals surface area contributed by atoms with E-state index >= 15 is 9.59 Å². The van der Waals surface area contributed by atoms with Gasteiger partial charge >= 0.3 is 0 Å². The molecule has 0 bridgehead atoms. The number of hydrogen-bond acceptors (Lipinski definition) is 6. The van der Waals surface area contributed by atoms with Gasteiger partial charge in [-0.15, -0.1) is 0 Å². The van der Waals surface area contributed by atoms with Crippen LogP contribution in [0.25, 0.3) is 21.5 Å². The van der Waals surface area contributed by atoms with Gasteiger partial charge in [-0.1, -0.05) is 133 Å². The van der Waals surface area contributed by atoms with Crippen LogP contribution in [0.4, 0.5) is 34.1 Å². The molecule has 0 spiro atoms. The molecular weight excluding hydrogens is 749 g/mol. The summed E-state index contributed by atoms with van der Waals surface area (Å²) in [7, 11) is 0. The quantitative estimate of drug-likeness (QED) is 0.129. The molecule has 9 aromatic carbocycles. The van der Waals surface area contributed by atoms with Crippen molar-refractivity contribution in [2.75, 3.05) is 9.80 Å². The van der Waals surface area contributed by atoms with Crippen LogP contribution in [0.15, 0.2) is 228 Å². The Balaban J connectivity index is 1.29. The third-order valence-electron chi connectivity index (χ3n) is 9.96. The summed E-state index contributed by atoms with van der Waals surface area (Å²) in [5, 5.41) is 4.03. The molecule has 6 heteroatoms. The third-order valence-corrected chi connectivity index (χ3v) is 11.7. The molecule has 0 aliphatic rings. The number of carbonyl (C=O) groups is 2. The van der Waals surface area contributed by atoms with Crippen LogP contribution in [0.1, 0.15) is 20.7 Å². The summed E-state index contributed by atoms with van der Waals surface area (Å²) in [4.78, 5) is 36.0. The molecule has 9 rings (SSSR count). The smallest absolute Gasteiger partial charge is 0.226 e. The maximum atomic E-state index is 15.1. The van der Waals surface area contributed by atoms with Crippen molar-refractivity contribution in [1.29, 1.82) is 0 Å². The van der Waals surface area contributed by atoms with E-state index in [1.807, 2.05) is 170 Å². The molecule has 0 aliphatic carbocycles. The molecule has 0 aromatic heterocycles. The van der Waals surface area contributed by atoms with Crippen molar-refractivity contribution in [3.63, 3.8) is 0 Å². The highest BCUT2D eigenvalue weighted by molar-refractivity contribution is 8.14. The number of fused-ring (bicyclic) bond motifs is 2. The van der Waals surface area contributed by atoms with Crippen LogP contribution in [0.2, 0.25) is 0 Å². The minimum absolute atomic E-state index is 0.148. The van der Waals surface area contributed by atoms with Gasteiger partial charge in [0.25, 0.3) is 0 Å². The van der Waals surface area contributed by atoms with Crippen LogP contribution >= 0.6 is 23.5 Å². The Morgan fingerprint density at radius 2 is 0.603 bits per heavy atom. The van der Waals surface area contributed by atoms with Gasteiger partial charge in [0.2, 0.25) is 10.2 Å². The minimum Gasteiger partial charge on any atom is -0.310 e. The number of nitrogens with zero attached hydrogens (tertiary/aromatic N) is 2. The number of thioether (sulfide) groups is 2. The van der Waals surface area contributed by atoms with E-state index in [1.54, 1.807) is 0 Å². The Labute approximate surface area is 346 Å². The van der Waals surface area contributed by atoms with E-state index in [0.29, 0.717) is 22.5 Å². The molecule has 278 valence electrons. The van der Waals surface area contributed by atoms with Gasteiger partial charge in [0, 0.05) is 32.5 Å². The summed E-state index contributed by atoms with van der Waals surface area (Å²) in [5.41, 5.74) is 5.55. The number of benzene rings is 9. The van der Waals surface area contributed by atoms with Gasteiger partial charge < -0.3 is 9.80 Å². The van der Waals surface area contributed by atoms with Crippen molar-refractivity contribution in [2.24, 2.45) is 0 Å². The average molecular weight is 785 g/mol. The first-order valence-corrected chi connectivity index (χ1v) is 20.6. The van der Waals surface area contributed by atoms with E-state index in [-0.39, 0.29) is 10.2 Å². The largest absolute Gasteiger partial charge is 0.310 e. The first-order valence-electron chi connectivity index (χ1n) is 19.0. The second kappa shape index (κ2) is 16.7.